The predicted molar refractivity (Wildman–Crippen MR) is 85.3 cm³/mol. The quantitative estimate of drug-likeness (QED) is 0.843. The van der Waals surface area contributed by atoms with Crippen LogP contribution in [0.25, 0.3) is 0 Å². The third-order valence-electron chi connectivity index (χ3n) is 4.43. The number of ether oxygens (including phenoxy) is 1. The molecule has 0 aliphatic carbocycles. The van der Waals surface area contributed by atoms with Crippen molar-refractivity contribution < 1.29 is 9.26 Å². The van der Waals surface area contributed by atoms with Gasteiger partial charge in [0.15, 0.2) is 5.82 Å². The third-order valence-corrected chi connectivity index (χ3v) is 4.43. The Labute approximate surface area is 136 Å². The second-order valence-corrected chi connectivity index (χ2v) is 6.46. The van der Waals surface area contributed by atoms with Crippen molar-refractivity contribution in [2.45, 2.75) is 52.1 Å². The molecule has 1 aliphatic rings. The zero-order valence-electron chi connectivity index (χ0n) is 14.5. The SMILES string of the molecule is COc1c([C@H]2CCCN2Cc2noc(C(C)C)n2)c(C)nn1C. The fraction of sp³-hybridized carbons (Fsp3) is 0.688. The molecule has 3 rings (SSSR count). The molecule has 0 unspecified atom stereocenters. The summed E-state index contributed by atoms with van der Waals surface area (Å²) in [7, 11) is 3.62. The maximum Gasteiger partial charge on any atom is 0.229 e. The van der Waals surface area contributed by atoms with Crippen LogP contribution in [-0.2, 0) is 13.6 Å². The molecule has 2 aromatic rings. The minimum absolute atomic E-state index is 0.256. The summed E-state index contributed by atoms with van der Waals surface area (Å²) in [6.45, 7) is 7.87. The van der Waals surface area contributed by atoms with Gasteiger partial charge in [0.1, 0.15) is 0 Å². The van der Waals surface area contributed by atoms with Gasteiger partial charge in [-0.15, -0.1) is 0 Å². The molecular weight excluding hydrogens is 294 g/mol. The van der Waals surface area contributed by atoms with Gasteiger partial charge in [0.2, 0.25) is 11.8 Å². The number of methoxy groups -OCH3 is 1. The first-order valence-electron chi connectivity index (χ1n) is 8.15. The molecule has 23 heavy (non-hydrogen) atoms. The largest absolute Gasteiger partial charge is 0.481 e. The fourth-order valence-corrected chi connectivity index (χ4v) is 3.37. The Kier molecular flexibility index (Phi) is 4.39. The van der Waals surface area contributed by atoms with Crippen LogP contribution >= 0.6 is 0 Å². The normalized spacial score (nSPS) is 19.0. The van der Waals surface area contributed by atoms with E-state index in [0.717, 1.165) is 36.8 Å². The van der Waals surface area contributed by atoms with E-state index in [-0.39, 0.29) is 5.92 Å². The van der Waals surface area contributed by atoms with Crippen LogP contribution in [0.3, 0.4) is 0 Å². The van der Waals surface area contributed by atoms with E-state index in [1.54, 1.807) is 7.11 Å². The van der Waals surface area contributed by atoms with Gasteiger partial charge in [0.25, 0.3) is 0 Å². The molecular formula is C16H25N5O2. The number of hydrogen-bond donors (Lipinski definition) is 0. The zero-order valence-corrected chi connectivity index (χ0v) is 14.5. The highest BCUT2D eigenvalue weighted by atomic mass is 16.5. The second-order valence-electron chi connectivity index (χ2n) is 6.46. The molecule has 0 saturated carbocycles. The van der Waals surface area contributed by atoms with Crippen LogP contribution in [0.5, 0.6) is 5.88 Å². The summed E-state index contributed by atoms with van der Waals surface area (Å²) in [5.41, 5.74) is 2.21. The average molecular weight is 319 g/mol. The molecule has 126 valence electrons. The zero-order chi connectivity index (χ0) is 16.6. The molecule has 0 N–H and O–H groups in total. The summed E-state index contributed by atoms with van der Waals surface area (Å²) in [5, 5.41) is 8.63. The van der Waals surface area contributed by atoms with Gasteiger partial charge in [-0.1, -0.05) is 19.0 Å². The van der Waals surface area contributed by atoms with Crippen molar-refractivity contribution in [2.75, 3.05) is 13.7 Å². The summed E-state index contributed by atoms with van der Waals surface area (Å²) in [5.74, 6) is 2.55. The van der Waals surface area contributed by atoms with Crippen LogP contribution in [-0.4, -0.2) is 38.5 Å². The Hall–Kier alpha value is -1.89. The smallest absolute Gasteiger partial charge is 0.229 e. The predicted octanol–water partition coefficient (Wildman–Crippen LogP) is 2.58. The monoisotopic (exact) mass is 319 g/mol. The third kappa shape index (κ3) is 2.97. The van der Waals surface area contributed by atoms with Crippen LogP contribution in [0.4, 0.5) is 0 Å². The second kappa shape index (κ2) is 6.31. The van der Waals surface area contributed by atoms with Crippen LogP contribution in [0.1, 0.15) is 61.6 Å². The van der Waals surface area contributed by atoms with Gasteiger partial charge in [-0.3, -0.25) is 4.90 Å². The fourth-order valence-electron chi connectivity index (χ4n) is 3.37. The standard InChI is InChI=1S/C16H25N5O2/c1-10(2)15-17-13(19-23-15)9-21-8-6-7-12(21)14-11(3)18-20(4)16(14)22-5/h10,12H,6-9H2,1-5H3/t12-/m1/s1. The molecule has 0 spiro atoms. The molecule has 0 amide bonds. The molecule has 2 aromatic heterocycles. The molecule has 0 radical (unpaired) electrons. The van der Waals surface area contributed by atoms with E-state index in [1.807, 2.05) is 18.7 Å². The lowest BCUT2D eigenvalue weighted by Crippen LogP contribution is -2.24. The number of aromatic nitrogens is 4. The van der Waals surface area contributed by atoms with Crippen molar-refractivity contribution in [1.82, 2.24) is 24.8 Å². The van der Waals surface area contributed by atoms with Gasteiger partial charge in [0, 0.05) is 19.0 Å². The highest BCUT2D eigenvalue weighted by Crippen LogP contribution is 2.39. The van der Waals surface area contributed by atoms with Crippen molar-refractivity contribution in [3.8, 4) is 5.88 Å². The molecule has 0 aromatic carbocycles. The molecule has 1 atom stereocenters. The topological polar surface area (TPSA) is 69.2 Å². The summed E-state index contributed by atoms with van der Waals surface area (Å²) in [4.78, 5) is 6.89. The lowest BCUT2D eigenvalue weighted by molar-refractivity contribution is 0.231. The lowest BCUT2D eigenvalue weighted by atomic mass is 10.1. The Balaban J connectivity index is 1.83. The summed E-state index contributed by atoms with van der Waals surface area (Å²) < 4.78 is 12.7. The highest BCUT2D eigenvalue weighted by Gasteiger charge is 2.33. The molecule has 1 fully saturated rings. The number of likely N-dealkylation sites (tertiary alicyclic amines) is 1. The molecule has 0 bridgehead atoms. The van der Waals surface area contributed by atoms with E-state index in [0.29, 0.717) is 18.5 Å². The van der Waals surface area contributed by atoms with Gasteiger partial charge in [-0.2, -0.15) is 10.1 Å². The Morgan fingerprint density at radius 1 is 1.39 bits per heavy atom. The molecule has 7 heteroatoms. The Morgan fingerprint density at radius 3 is 2.83 bits per heavy atom. The van der Waals surface area contributed by atoms with Crippen molar-refractivity contribution in [3.63, 3.8) is 0 Å². The first-order chi connectivity index (χ1) is 11.0. The molecule has 3 heterocycles. The van der Waals surface area contributed by atoms with Crippen LogP contribution in [0, 0.1) is 6.92 Å². The maximum absolute atomic E-state index is 5.57. The van der Waals surface area contributed by atoms with Crippen LogP contribution in [0.2, 0.25) is 0 Å². The number of rotatable bonds is 5. The minimum Gasteiger partial charge on any atom is -0.481 e. The van der Waals surface area contributed by atoms with Crippen molar-refractivity contribution in [2.24, 2.45) is 7.05 Å². The van der Waals surface area contributed by atoms with Crippen molar-refractivity contribution in [3.05, 3.63) is 23.0 Å². The van der Waals surface area contributed by atoms with Gasteiger partial charge in [-0.05, 0) is 26.3 Å². The van der Waals surface area contributed by atoms with E-state index in [2.05, 4.69) is 34.0 Å². The molecule has 7 nitrogen and oxygen atoms in total. The number of hydrogen-bond acceptors (Lipinski definition) is 6. The van der Waals surface area contributed by atoms with E-state index in [1.165, 1.54) is 5.56 Å². The maximum atomic E-state index is 5.57. The van der Waals surface area contributed by atoms with Gasteiger partial charge >= 0.3 is 0 Å². The van der Waals surface area contributed by atoms with E-state index >= 15 is 0 Å². The van der Waals surface area contributed by atoms with Crippen molar-refractivity contribution in [1.29, 1.82) is 0 Å². The van der Waals surface area contributed by atoms with Crippen LogP contribution in [0.15, 0.2) is 4.52 Å². The average Bonchev–Trinajstić information content (AvgIpc) is 3.19. The first-order valence-corrected chi connectivity index (χ1v) is 8.15. The van der Waals surface area contributed by atoms with E-state index in [4.69, 9.17) is 9.26 Å². The van der Waals surface area contributed by atoms with Gasteiger partial charge in [-0.25, -0.2) is 4.68 Å². The Bertz CT molecular complexity index is 676. The summed E-state index contributed by atoms with van der Waals surface area (Å²) >= 11 is 0. The first kappa shape index (κ1) is 16.0. The minimum atomic E-state index is 0.256. The van der Waals surface area contributed by atoms with E-state index < -0.39 is 0 Å². The Morgan fingerprint density at radius 2 is 2.17 bits per heavy atom. The van der Waals surface area contributed by atoms with Gasteiger partial charge < -0.3 is 9.26 Å². The van der Waals surface area contributed by atoms with Crippen molar-refractivity contribution >= 4 is 0 Å². The molecule has 1 saturated heterocycles. The number of nitrogens with zero attached hydrogens (tertiary/aromatic N) is 5. The number of aryl methyl sites for hydroxylation is 2. The molecule has 1 aliphatic heterocycles. The van der Waals surface area contributed by atoms with E-state index in [9.17, 15) is 0 Å². The highest BCUT2D eigenvalue weighted by molar-refractivity contribution is 5.35. The van der Waals surface area contributed by atoms with Crippen LogP contribution < -0.4 is 4.74 Å². The lowest BCUT2D eigenvalue weighted by Gasteiger charge is -2.23. The van der Waals surface area contributed by atoms with Gasteiger partial charge in [0.05, 0.1) is 24.9 Å². The summed E-state index contributed by atoms with van der Waals surface area (Å²) in [6.07, 6.45) is 2.24. The summed E-state index contributed by atoms with van der Waals surface area (Å²) in [6, 6.07) is 0.291.